The molecular formula is C19H20N4O2. The van der Waals surface area contributed by atoms with Gasteiger partial charge in [-0.1, -0.05) is 12.1 Å². The van der Waals surface area contributed by atoms with E-state index in [1.807, 2.05) is 22.9 Å². The van der Waals surface area contributed by atoms with Gasteiger partial charge in [0.1, 0.15) is 5.56 Å². The van der Waals surface area contributed by atoms with Crippen molar-refractivity contribution in [2.24, 2.45) is 0 Å². The van der Waals surface area contributed by atoms with E-state index in [2.05, 4.69) is 27.9 Å². The standard InChI is InChI=1S/C19H20N4O2/c1-13-10-14-4-2-5-15-17(14)23(13)11-16(18(15)24)19(25)21-6-3-8-22-9-7-20-12-22/h2,4-5,7,9,11-13H,3,6,8,10H2,1H3,(H,21,25)/t13-/m1/s1. The number of para-hydroxylation sites is 1. The van der Waals surface area contributed by atoms with E-state index in [9.17, 15) is 9.59 Å². The molecule has 4 rings (SSSR count). The molecule has 3 heterocycles. The van der Waals surface area contributed by atoms with E-state index in [4.69, 9.17) is 0 Å². The molecule has 128 valence electrons. The van der Waals surface area contributed by atoms with Crippen LogP contribution in [0, 0.1) is 0 Å². The second-order valence-electron chi connectivity index (χ2n) is 6.56. The van der Waals surface area contributed by atoms with E-state index in [1.54, 1.807) is 18.7 Å². The molecule has 0 saturated heterocycles. The van der Waals surface area contributed by atoms with Gasteiger partial charge in [0.05, 0.1) is 11.8 Å². The lowest BCUT2D eigenvalue weighted by Crippen LogP contribution is -2.30. The quantitative estimate of drug-likeness (QED) is 0.726. The maximum absolute atomic E-state index is 12.7. The van der Waals surface area contributed by atoms with E-state index in [0.717, 1.165) is 24.9 Å². The first kappa shape index (κ1) is 15.6. The molecule has 3 aromatic rings. The Kier molecular flexibility index (Phi) is 3.87. The van der Waals surface area contributed by atoms with Gasteiger partial charge >= 0.3 is 0 Å². The van der Waals surface area contributed by atoms with E-state index >= 15 is 0 Å². The van der Waals surface area contributed by atoms with Gasteiger partial charge in [0.15, 0.2) is 0 Å². The maximum Gasteiger partial charge on any atom is 0.256 e. The Morgan fingerprint density at radius 3 is 3.08 bits per heavy atom. The van der Waals surface area contributed by atoms with Gasteiger partial charge in [-0.15, -0.1) is 0 Å². The number of hydrogen-bond acceptors (Lipinski definition) is 3. The molecule has 1 aliphatic rings. The molecule has 0 spiro atoms. The molecule has 6 nitrogen and oxygen atoms in total. The van der Waals surface area contributed by atoms with Crippen molar-refractivity contribution in [3.63, 3.8) is 0 Å². The molecule has 6 heteroatoms. The first-order chi connectivity index (χ1) is 12.1. The monoisotopic (exact) mass is 336 g/mol. The molecular weight excluding hydrogens is 316 g/mol. The van der Waals surface area contributed by atoms with Gasteiger partial charge in [0.25, 0.3) is 5.91 Å². The van der Waals surface area contributed by atoms with Gasteiger partial charge in [0, 0.05) is 43.1 Å². The SMILES string of the molecule is C[C@@H]1Cc2cccc3c(=O)c(C(=O)NCCCn4ccnc4)cn1c23. The molecule has 0 unspecified atom stereocenters. The van der Waals surface area contributed by atoms with Gasteiger partial charge in [-0.2, -0.15) is 0 Å². The Labute approximate surface area is 145 Å². The van der Waals surface area contributed by atoms with Crippen LogP contribution in [0.3, 0.4) is 0 Å². The van der Waals surface area contributed by atoms with E-state index < -0.39 is 0 Å². The zero-order valence-electron chi connectivity index (χ0n) is 14.1. The third-order valence-corrected chi connectivity index (χ3v) is 4.81. The van der Waals surface area contributed by atoms with E-state index in [1.165, 1.54) is 5.56 Å². The number of amides is 1. The Morgan fingerprint density at radius 2 is 2.28 bits per heavy atom. The summed E-state index contributed by atoms with van der Waals surface area (Å²) < 4.78 is 4.02. The van der Waals surface area contributed by atoms with Crippen molar-refractivity contribution in [1.29, 1.82) is 0 Å². The molecule has 1 N–H and O–H groups in total. The molecule has 1 atom stereocenters. The number of rotatable bonds is 5. The number of nitrogens with zero attached hydrogens (tertiary/aromatic N) is 3. The summed E-state index contributed by atoms with van der Waals surface area (Å²) in [6.07, 6.45) is 8.76. The molecule has 1 amide bonds. The van der Waals surface area contributed by atoms with Gasteiger partial charge in [-0.25, -0.2) is 4.98 Å². The van der Waals surface area contributed by atoms with Crippen molar-refractivity contribution in [3.05, 3.63) is 64.5 Å². The summed E-state index contributed by atoms with van der Waals surface area (Å²) >= 11 is 0. The molecule has 2 aromatic heterocycles. The fourth-order valence-corrected chi connectivity index (χ4v) is 3.56. The van der Waals surface area contributed by atoms with Crippen molar-refractivity contribution in [3.8, 4) is 0 Å². The molecule has 0 bridgehead atoms. The van der Waals surface area contributed by atoms with E-state index in [-0.39, 0.29) is 22.9 Å². The lowest BCUT2D eigenvalue weighted by atomic mass is 10.1. The van der Waals surface area contributed by atoms with Crippen LogP contribution in [0.2, 0.25) is 0 Å². The predicted octanol–water partition coefficient (Wildman–Crippen LogP) is 2.14. The van der Waals surface area contributed by atoms with Crippen molar-refractivity contribution in [1.82, 2.24) is 19.4 Å². The predicted molar refractivity (Wildman–Crippen MR) is 95.8 cm³/mol. The van der Waals surface area contributed by atoms with Gasteiger partial charge in [-0.05, 0) is 31.4 Å². The number of aryl methyl sites for hydroxylation is 1. The number of pyridine rings is 1. The minimum absolute atomic E-state index is 0.186. The minimum Gasteiger partial charge on any atom is -0.352 e. The first-order valence-electron chi connectivity index (χ1n) is 8.56. The highest BCUT2D eigenvalue weighted by Crippen LogP contribution is 2.30. The van der Waals surface area contributed by atoms with Gasteiger partial charge < -0.3 is 14.5 Å². The lowest BCUT2D eigenvalue weighted by Gasteiger charge is -2.12. The summed E-state index contributed by atoms with van der Waals surface area (Å²) in [6.45, 7) is 3.41. The molecule has 1 aromatic carbocycles. The molecule has 0 fully saturated rings. The van der Waals surface area contributed by atoms with Crippen molar-refractivity contribution < 1.29 is 4.79 Å². The number of carbonyl (C=O) groups excluding carboxylic acids is 1. The van der Waals surface area contributed by atoms with Crippen LogP contribution >= 0.6 is 0 Å². The third kappa shape index (κ3) is 2.73. The summed E-state index contributed by atoms with van der Waals surface area (Å²) in [5.74, 6) is -0.300. The molecule has 0 saturated carbocycles. The number of carbonyl (C=O) groups is 1. The smallest absolute Gasteiger partial charge is 0.256 e. The van der Waals surface area contributed by atoms with E-state index in [0.29, 0.717) is 11.9 Å². The number of nitrogens with one attached hydrogen (secondary N) is 1. The first-order valence-corrected chi connectivity index (χ1v) is 8.56. The summed E-state index contributed by atoms with van der Waals surface area (Å²) in [4.78, 5) is 29.2. The number of aromatic nitrogens is 3. The Morgan fingerprint density at radius 1 is 1.40 bits per heavy atom. The highest BCUT2D eigenvalue weighted by atomic mass is 16.2. The molecule has 0 aliphatic carbocycles. The summed E-state index contributed by atoms with van der Waals surface area (Å²) in [5, 5.41) is 3.50. The highest BCUT2D eigenvalue weighted by Gasteiger charge is 2.24. The average Bonchev–Trinajstić information content (AvgIpc) is 3.23. The molecule has 25 heavy (non-hydrogen) atoms. The van der Waals surface area contributed by atoms with Crippen molar-refractivity contribution in [2.45, 2.75) is 32.4 Å². The summed E-state index contributed by atoms with van der Waals surface area (Å²) in [5.41, 5.74) is 2.18. The Hall–Kier alpha value is -2.89. The highest BCUT2D eigenvalue weighted by molar-refractivity contribution is 5.98. The molecule has 0 radical (unpaired) electrons. The van der Waals surface area contributed by atoms with Crippen LogP contribution in [0.4, 0.5) is 0 Å². The number of benzene rings is 1. The largest absolute Gasteiger partial charge is 0.352 e. The number of hydrogen-bond donors (Lipinski definition) is 1. The molecule has 1 aliphatic heterocycles. The Balaban J connectivity index is 1.54. The lowest BCUT2D eigenvalue weighted by molar-refractivity contribution is 0.0951. The van der Waals surface area contributed by atoms with Crippen molar-refractivity contribution in [2.75, 3.05) is 6.54 Å². The van der Waals surface area contributed by atoms with Gasteiger partial charge in [0.2, 0.25) is 5.43 Å². The van der Waals surface area contributed by atoms with Crippen LogP contribution in [0.1, 0.15) is 35.3 Å². The maximum atomic E-state index is 12.7. The van der Waals surface area contributed by atoms with Crippen LogP contribution in [-0.2, 0) is 13.0 Å². The van der Waals surface area contributed by atoms with Crippen LogP contribution in [0.25, 0.3) is 10.9 Å². The Bertz CT molecular complexity index is 989. The summed E-state index contributed by atoms with van der Waals surface area (Å²) in [7, 11) is 0. The second-order valence-corrected chi connectivity index (χ2v) is 6.56. The van der Waals surface area contributed by atoms with Crippen LogP contribution in [0.5, 0.6) is 0 Å². The second kappa shape index (κ2) is 6.20. The van der Waals surface area contributed by atoms with Crippen LogP contribution < -0.4 is 10.7 Å². The zero-order chi connectivity index (χ0) is 17.4. The third-order valence-electron chi connectivity index (χ3n) is 4.81. The fraction of sp³-hybridized carbons (Fsp3) is 0.316. The van der Waals surface area contributed by atoms with Gasteiger partial charge in [-0.3, -0.25) is 9.59 Å². The zero-order valence-corrected chi connectivity index (χ0v) is 14.1. The topological polar surface area (TPSA) is 68.9 Å². The van der Waals surface area contributed by atoms with Crippen molar-refractivity contribution >= 4 is 16.8 Å². The van der Waals surface area contributed by atoms with Crippen LogP contribution in [0.15, 0.2) is 47.9 Å². The summed E-state index contributed by atoms with van der Waals surface area (Å²) in [6, 6.07) is 6.02. The minimum atomic E-state index is -0.300. The van der Waals surface area contributed by atoms with Crippen LogP contribution in [-0.4, -0.2) is 26.6 Å². The fourth-order valence-electron chi connectivity index (χ4n) is 3.56. The normalized spacial score (nSPS) is 15.6. The average molecular weight is 336 g/mol. The number of imidazole rings is 1.